The zero-order valence-electron chi connectivity index (χ0n) is 19.1. The number of halogens is 1. The number of ether oxygens (including phenoxy) is 1. The second kappa shape index (κ2) is 7.62. The van der Waals surface area contributed by atoms with E-state index in [9.17, 15) is 4.21 Å². The Morgan fingerprint density at radius 2 is 1.88 bits per heavy atom. The van der Waals surface area contributed by atoms with Crippen LogP contribution in [0.4, 0.5) is 0 Å². The summed E-state index contributed by atoms with van der Waals surface area (Å²) in [6.45, 7) is 7.75. The Morgan fingerprint density at radius 1 is 1.16 bits per heavy atom. The van der Waals surface area contributed by atoms with E-state index in [0.717, 1.165) is 42.6 Å². The largest absolute Gasteiger partial charge is 0.495 e. The Bertz CT molecular complexity index is 1320. The number of hydrogen-bond donors (Lipinski definition) is 1. The van der Waals surface area contributed by atoms with Crippen molar-refractivity contribution >= 4 is 42.4 Å². The van der Waals surface area contributed by atoms with Gasteiger partial charge in [0.15, 0.2) is 0 Å². The minimum Gasteiger partial charge on any atom is -0.495 e. The van der Waals surface area contributed by atoms with Gasteiger partial charge in [0.05, 0.1) is 21.7 Å². The van der Waals surface area contributed by atoms with Gasteiger partial charge in [-0.3, -0.25) is 0 Å². The third-order valence-corrected chi connectivity index (χ3v) is 9.85. The second-order valence-corrected chi connectivity index (χ2v) is 12.7. The van der Waals surface area contributed by atoms with E-state index < -0.39 is 9.71 Å². The quantitative estimate of drug-likeness (QED) is 0.525. The number of hydrogen-bond acceptors (Lipinski definition) is 3. The molecule has 0 bridgehead atoms. The molecule has 170 valence electrons. The van der Waals surface area contributed by atoms with Crippen LogP contribution in [0, 0.1) is 0 Å². The molecular formula is C25H30BrN3O2S. The molecule has 1 aromatic heterocycles. The topological polar surface area (TPSA) is 48.6 Å². The van der Waals surface area contributed by atoms with Gasteiger partial charge in [0.2, 0.25) is 0 Å². The molecule has 5 rings (SSSR count). The van der Waals surface area contributed by atoms with Gasteiger partial charge in [0.25, 0.3) is 0 Å². The number of methoxy groups -OCH3 is 1. The van der Waals surface area contributed by atoms with Gasteiger partial charge in [-0.05, 0) is 53.9 Å². The van der Waals surface area contributed by atoms with Gasteiger partial charge < -0.3 is 14.6 Å². The lowest BCUT2D eigenvalue weighted by Crippen LogP contribution is -2.47. The Morgan fingerprint density at radius 3 is 2.56 bits per heavy atom. The van der Waals surface area contributed by atoms with Crippen LogP contribution in [0.5, 0.6) is 5.75 Å². The molecule has 0 amide bonds. The van der Waals surface area contributed by atoms with Crippen LogP contribution in [-0.4, -0.2) is 64.6 Å². The normalized spacial score (nSPS) is 20.5. The van der Waals surface area contributed by atoms with Crippen molar-refractivity contribution in [3.8, 4) is 5.75 Å². The van der Waals surface area contributed by atoms with E-state index in [2.05, 4.69) is 82.9 Å². The summed E-state index contributed by atoms with van der Waals surface area (Å²) in [4.78, 5) is 6.65. The van der Waals surface area contributed by atoms with Crippen molar-refractivity contribution in [2.75, 3.05) is 40.3 Å². The van der Waals surface area contributed by atoms with Crippen LogP contribution in [0.3, 0.4) is 0 Å². The Hall–Kier alpha value is -1.80. The van der Waals surface area contributed by atoms with Crippen molar-refractivity contribution < 1.29 is 8.95 Å². The molecule has 1 aliphatic carbocycles. The number of benzene rings is 2. The van der Waals surface area contributed by atoms with Crippen LogP contribution in [-0.2, 0) is 21.5 Å². The number of fused-ring (bicyclic) bond motifs is 4. The summed E-state index contributed by atoms with van der Waals surface area (Å²) in [6.07, 6.45) is 0.797. The molecule has 1 unspecified atom stereocenters. The average molecular weight is 517 g/mol. The fourth-order valence-corrected chi connectivity index (χ4v) is 7.41. The molecule has 1 atom stereocenters. The van der Waals surface area contributed by atoms with E-state index in [1.165, 1.54) is 27.8 Å². The lowest BCUT2D eigenvalue weighted by atomic mass is 9.72. The Balaban J connectivity index is 1.65. The third-order valence-electron chi connectivity index (χ3n) is 7.15. The number of likely N-dealkylation sites (N-methyl/N-ethyl adjacent to an activating group) is 1. The second-order valence-electron chi connectivity index (χ2n) is 9.50. The molecule has 1 fully saturated rings. The lowest BCUT2D eigenvalue weighted by Gasteiger charge is -2.37. The maximum Gasteiger partial charge on any atom is 0.136 e. The molecule has 1 aliphatic heterocycles. The predicted molar refractivity (Wildman–Crippen MR) is 137 cm³/mol. The molecule has 1 saturated heterocycles. The van der Waals surface area contributed by atoms with Gasteiger partial charge in [-0.15, -0.1) is 0 Å². The zero-order chi connectivity index (χ0) is 22.8. The zero-order valence-corrected chi connectivity index (χ0v) is 21.5. The van der Waals surface area contributed by atoms with E-state index in [4.69, 9.17) is 4.74 Å². The van der Waals surface area contributed by atoms with Crippen LogP contribution in [0.25, 0.3) is 10.9 Å². The monoisotopic (exact) mass is 515 g/mol. The van der Waals surface area contributed by atoms with E-state index in [0.29, 0.717) is 10.6 Å². The van der Waals surface area contributed by atoms with Crippen LogP contribution >= 0.6 is 15.9 Å². The highest BCUT2D eigenvalue weighted by atomic mass is 79.9. The molecular weight excluding hydrogens is 486 g/mol. The van der Waals surface area contributed by atoms with Crippen molar-refractivity contribution in [1.29, 1.82) is 0 Å². The Labute approximate surface area is 199 Å². The summed E-state index contributed by atoms with van der Waals surface area (Å²) in [5.74, 6) is 4.89. The number of nitrogens with one attached hydrogen (secondary N) is 1. The summed E-state index contributed by atoms with van der Waals surface area (Å²) in [7, 11) is 1.11. The van der Waals surface area contributed by atoms with Gasteiger partial charge in [0.1, 0.15) is 5.75 Å². The highest BCUT2D eigenvalue weighted by Crippen LogP contribution is 2.46. The smallest absolute Gasteiger partial charge is 0.136 e. The van der Waals surface area contributed by atoms with Crippen molar-refractivity contribution in [3.05, 3.63) is 57.2 Å². The van der Waals surface area contributed by atoms with E-state index in [1.807, 2.05) is 4.31 Å². The van der Waals surface area contributed by atoms with Gasteiger partial charge in [0, 0.05) is 59.1 Å². The highest BCUT2D eigenvalue weighted by molar-refractivity contribution is 9.10. The molecule has 32 heavy (non-hydrogen) atoms. The molecule has 1 N–H and O–H groups in total. The summed E-state index contributed by atoms with van der Waals surface area (Å²) >= 11 is 3.59. The fraction of sp³-hybridized carbons (Fsp3) is 0.400. The first kappa shape index (κ1) is 22.0. The standard InChI is InChI=1S/C25H30BrN3O2S/c1-25(2)20-15-22(31-4)23(32(5,30)29-10-8-28(3)9-11-29)13-16(20)12-19-18-7-6-17(26)14-21(18)27-24(19)25/h6-7,13-15,27H,5,8-12H2,1-4H3. The van der Waals surface area contributed by atoms with E-state index >= 15 is 0 Å². The SMILES string of the molecule is C=S(=O)(c1cc2c(cc1OC)C(C)(C)c1[nH]c3cc(Br)ccc3c1C2)N1CCN(C)CC1. The number of aromatic amines is 1. The average Bonchev–Trinajstić information content (AvgIpc) is 3.12. The number of piperazine rings is 1. The number of nitrogens with zero attached hydrogens (tertiary/aromatic N) is 2. The number of H-pyrrole nitrogens is 1. The molecule has 3 aromatic rings. The van der Waals surface area contributed by atoms with Crippen LogP contribution in [0.2, 0.25) is 0 Å². The summed E-state index contributed by atoms with van der Waals surface area (Å²) in [5.41, 5.74) is 5.88. The molecule has 5 nitrogen and oxygen atoms in total. The summed E-state index contributed by atoms with van der Waals surface area (Å²) in [6, 6.07) is 10.6. The molecule has 0 spiro atoms. The Kier molecular flexibility index (Phi) is 5.24. The van der Waals surface area contributed by atoms with Crippen molar-refractivity contribution in [2.24, 2.45) is 0 Å². The highest BCUT2D eigenvalue weighted by Gasteiger charge is 2.37. The van der Waals surface area contributed by atoms with Gasteiger partial charge in [-0.1, -0.05) is 35.8 Å². The van der Waals surface area contributed by atoms with Crippen molar-refractivity contribution in [2.45, 2.75) is 30.6 Å². The molecule has 2 heterocycles. The van der Waals surface area contributed by atoms with E-state index in [1.54, 1.807) is 7.11 Å². The van der Waals surface area contributed by atoms with Crippen molar-refractivity contribution in [3.63, 3.8) is 0 Å². The molecule has 0 radical (unpaired) electrons. The van der Waals surface area contributed by atoms with Gasteiger partial charge >= 0.3 is 0 Å². The first-order chi connectivity index (χ1) is 15.1. The van der Waals surface area contributed by atoms with E-state index in [-0.39, 0.29) is 5.41 Å². The van der Waals surface area contributed by atoms with Crippen LogP contribution < -0.4 is 4.74 Å². The predicted octanol–water partition coefficient (Wildman–Crippen LogP) is 4.41. The third kappa shape index (κ3) is 3.33. The van der Waals surface area contributed by atoms with Crippen molar-refractivity contribution in [1.82, 2.24) is 14.2 Å². The molecule has 7 heteroatoms. The molecule has 2 aliphatic rings. The fourth-order valence-electron chi connectivity index (χ4n) is 5.23. The summed E-state index contributed by atoms with van der Waals surface area (Å²) < 4.78 is 22.9. The molecule has 0 saturated carbocycles. The first-order valence-electron chi connectivity index (χ1n) is 11.0. The van der Waals surface area contributed by atoms with Crippen LogP contribution in [0.1, 0.15) is 36.2 Å². The maximum absolute atomic E-state index is 14.0. The van der Waals surface area contributed by atoms with Gasteiger partial charge in [-0.25, -0.2) is 8.51 Å². The lowest BCUT2D eigenvalue weighted by molar-refractivity contribution is 0.227. The minimum absolute atomic E-state index is 0.226. The summed E-state index contributed by atoms with van der Waals surface area (Å²) in [5, 5.41) is 1.24. The minimum atomic E-state index is -2.64. The molecule has 2 aromatic carbocycles. The number of aromatic nitrogens is 1. The van der Waals surface area contributed by atoms with Crippen LogP contribution in [0.15, 0.2) is 39.7 Å². The number of rotatable bonds is 3. The first-order valence-corrected chi connectivity index (χ1v) is 13.4. The van der Waals surface area contributed by atoms with Gasteiger partial charge in [-0.2, -0.15) is 0 Å². The maximum atomic E-state index is 14.0.